The van der Waals surface area contributed by atoms with Crippen LogP contribution in [0.1, 0.15) is 64.6 Å². The van der Waals surface area contributed by atoms with Crippen LogP contribution in [0.15, 0.2) is 79.0 Å². The number of rotatable bonds is 23. The molecule has 6 heterocycles. The number of ether oxygens (including phenoxy) is 2. The van der Waals surface area contributed by atoms with Gasteiger partial charge in [-0.1, -0.05) is 52.0 Å². The van der Waals surface area contributed by atoms with Crippen LogP contribution in [0.4, 0.5) is 20.3 Å². The van der Waals surface area contributed by atoms with E-state index >= 15 is 8.78 Å². The lowest BCUT2D eigenvalue weighted by Crippen LogP contribution is -2.60. The average molecular weight is 1100 g/mol. The molecule has 8 rings (SSSR count). The number of anilines is 2. The molecule has 414 valence electrons. The zero-order chi connectivity index (χ0) is 55.0. The molecule has 77 heavy (non-hydrogen) atoms. The summed E-state index contributed by atoms with van der Waals surface area (Å²) in [6, 6.07) is 12.1. The van der Waals surface area contributed by atoms with Crippen molar-refractivity contribution < 1.29 is 46.5 Å². The molecule has 4 atom stereocenters. The fourth-order valence-corrected chi connectivity index (χ4v) is 11.9. The number of likely N-dealkylation sites (tertiary alicyclic amines) is 2. The highest BCUT2D eigenvalue weighted by molar-refractivity contribution is 7.92. The summed E-state index contributed by atoms with van der Waals surface area (Å²) in [4.78, 5) is 51.5. The van der Waals surface area contributed by atoms with Gasteiger partial charge in [0, 0.05) is 75.5 Å². The molecule has 2 fully saturated rings. The van der Waals surface area contributed by atoms with E-state index in [4.69, 9.17) is 14.5 Å². The van der Waals surface area contributed by atoms with Crippen LogP contribution in [-0.4, -0.2) is 161 Å². The Labute approximate surface area is 452 Å². The molecule has 0 spiro atoms. The van der Waals surface area contributed by atoms with E-state index in [-0.39, 0.29) is 62.7 Å². The molecule has 23 heteroatoms. The van der Waals surface area contributed by atoms with Gasteiger partial charge in [0.05, 0.1) is 76.6 Å². The first-order chi connectivity index (χ1) is 36.8. The zero-order valence-electron chi connectivity index (χ0n) is 44.3. The van der Waals surface area contributed by atoms with Crippen LogP contribution < -0.4 is 20.3 Å². The van der Waals surface area contributed by atoms with Gasteiger partial charge in [-0.2, -0.15) is 0 Å². The van der Waals surface area contributed by atoms with Gasteiger partial charge in [0.15, 0.2) is 5.82 Å². The number of nitrogens with zero attached hydrogens (tertiary/aromatic N) is 8. The van der Waals surface area contributed by atoms with Crippen molar-refractivity contribution in [3.05, 3.63) is 102 Å². The van der Waals surface area contributed by atoms with Crippen LogP contribution in [0.3, 0.4) is 0 Å². The van der Waals surface area contributed by atoms with Crippen molar-refractivity contribution >= 4 is 55.7 Å². The molecule has 4 aromatic heterocycles. The number of amides is 2. The predicted octanol–water partition coefficient (Wildman–Crippen LogP) is 5.88. The molecule has 0 bridgehead atoms. The van der Waals surface area contributed by atoms with E-state index in [1.54, 1.807) is 53.9 Å². The molecular formula is C54H69F2N11O8S2. The number of fused-ring (bicyclic) bond motifs is 1. The van der Waals surface area contributed by atoms with Crippen LogP contribution in [-0.2, 0) is 35.6 Å². The zero-order valence-corrected chi connectivity index (χ0v) is 45.9. The lowest BCUT2D eigenvalue weighted by Gasteiger charge is -2.40. The third-order valence-electron chi connectivity index (χ3n) is 14.1. The molecule has 0 aliphatic carbocycles. The SMILES string of the molecule is CCCS(=O)(=O)Nc1ccc(F)c(-n2cc(-c3cncnc3)c3nc(N(C)C4CCN(CCOCCOCC(=O)N[C@H](C(O)N5C[C@H](O)C[C@H]5C(=O)NCc5ccc(-c6scnc6C)cc5)C(C)(C)C)CC4)ccc32)c1F. The number of aromatic nitrogens is 5. The van der Waals surface area contributed by atoms with Gasteiger partial charge in [0.2, 0.25) is 21.8 Å². The van der Waals surface area contributed by atoms with Crippen molar-refractivity contribution in [3.8, 4) is 27.3 Å². The minimum atomic E-state index is -3.86. The number of benzene rings is 2. The predicted molar refractivity (Wildman–Crippen MR) is 292 cm³/mol. The van der Waals surface area contributed by atoms with Crippen LogP contribution in [0.25, 0.3) is 38.3 Å². The van der Waals surface area contributed by atoms with E-state index in [2.05, 4.69) is 40.1 Å². The number of piperidine rings is 1. The monoisotopic (exact) mass is 1100 g/mol. The number of carbonyl (C=O) groups excluding carboxylic acids is 2. The first-order valence-corrected chi connectivity index (χ1v) is 28.4. The van der Waals surface area contributed by atoms with Crippen molar-refractivity contribution in [2.45, 2.75) is 97.3 Å². The number of aliphatic hydroxyl groups excluding tert-OH is 2. The lowest BCUT2D eigenvalue weighted by molar-refractivity contribution is -0.136. The maximum absolute atomic E-state index is 16.1. The Balaban J connectivity index is 0.782. The molecule has 6 aromatic rings. The van der Waals surface area contributed by atoms with Crippen LogP contribution in [0, 0.1) is 24.0 Å². The first-order valence-electron chi connectivity index (χ1n) is 25.9. The molecule has 0 saturated carbocycles. The van der Waals surface area contributed by atoms with E-state index in [1.165, 1.54) is 10.9 Å². The normalized spacial score (nSPS) is 17.6. The molecule has 2 aliphatic rings. The minimum Gasteiger partial charge on any atom is -0.392 e. The Kier molecular flexibility index (Phi) is 18.7. The Bertz CT molecular complexity index is 3080. The lowest BCUT2D eigenvalue weighted by atomic mass is 9.85. The highest BCUT2D eigenvalue weighted by Gasteiger charge is 2.45. The summed E-state index contributed by atoms with van der Waals surface area (Å²) in [5.74, 6) is -2.27. The van der Waals surface area contributed by atoms with E-state index in [9.17, 15) is 28.2 Å². The summed E-state index contributed by atoms with van der Waals surface area (Å²) in [7, 11) is -1.89. The minimum absolute atomic E-state index is 0.0655. The standard InChI is InChI=1S/C54H69F2N11O8S2/c1-7-24-77(72,73)63-42-13-12-41(55)49(47(42)56)66-30-40(37-27-57-32-58-28-37)48-43(66)14-15-45(61-48)64(6)38-16-18-65(19-17-38)20-21-74-22-23-75-31-46(69)62-51(54(3,4)5)53(71)67-29-39(68)25-44(67)52(70)59-26-35-8-10-36(11-9-35)50-34(2)60-33-76-50/h8-15,27-28,30,32-33,38-39,44,51,53,63,68,71H,7,16-26,29,31H2,1-6H3,(H,59,70)(H,62,69)/t39-,44+,51-,53?/m1/s1. The fraction of sp³-hybridized carbons (Fsp3) is 0.481. The van der Waals surface area contributed by atoms with Gasteiger partial charge < -0.3 is 44.7 Å². The topological polar surface area (TPSA) is 230 Å². The van der Waals surface area contributed by atoms with E-state index in [0.29, 0.717) is 47.6 Å². The molecule has 2 saturated heterocycles. The summed E-state index contributed by atoms with van der Waals surface area (Å²) in [6.45, 7) is 12.6. The van der Waals surface area contributed by atoms with Gasteiger partial charge in [0.25, 0.3) is 0 Å². The fourth-order valence-electron chi connectivity index (χ4n) is 9.94. The van der Waals surface area contributed by atoms with Crippen molar-refractivity contribution in [1.29, 1.82) is 0 Å². The Morgan fingerprint density at radius 3 is 2.40 bits per heavy atom. The van der Waals surface area contributed by atoms with E-state index in [0.717, 1.165) is 59.8 Å². The highest BCUT2D eigenvalue weighted by Crippen LogP contribution is 2.37. The number of hydrogen-bond donors (Lipinski definition) is 5. The van der Waals surface area contributed by atoms with Crippen molar-refractivity contribution in [2.75, 3.05) is 75.0 Å². The molecule has 1 unspecified atom stereocenters. The number of sulfonamides is 1. The van der Waals surface area contributed by atoms with Gasteiger partial charge in [-0.05, 0) is 73.4 Å². The maximum atomic E-state index is 16.1. The van der Waals surface area contributed by atoms with Gasteiger partial charge in [-0.15, -0.1) is 11.3 Å². The quantitative estimate of drug-likeness (QED) is 0.0472. The number of β-amino-alcohol motifs (C(OH)–C–C–N with tert-alkyl or cyclic N) is 1. The Morgan fingerprint density at radius 1 is 0.987 bits per heavy atom. The van der Waals surface area contributed by atoms with Crippen molar-refractivity contribution in [3.63, 3.8) is 0 Å². The Morgan fingerprint density at radius 2 is 1.71 bits per heavy atom. The number of aliphatic hydroxyl groups is 2. The molecule has 2 amide bonds. The van der Waals surface area contributed by atoms with Crippen molar-refractivity contribution in [2.24, 2.45) is 5.41 Å². The highest BCUT2D eigenvalue weighted by atomic mass is 32.2. The van der Waals surface area contributed by atoms with Gasteiger partial charge in [0.1, 0.15) is 36.5 Å². The summed E-state index contributed by atoms with van der Waals surface area (Å²) in [5.41, 5.74) is 5.25. The van der Waals surface area contributed by atoms with E-state index < -0.39 is 63.1 Å². The van der Waals surface area contributed by atoms with Gasteiger partial charge in [-0.25, -0.2) is 37.1 Å². The number of hydrogen-bond acceptors (Lipinski definition) is 16. The summed E-state index contributed by atoms with van der Waals surface area (Å²) in [6.07, 6.45) is 6.16. The molecule has 5 N–H and O–H groups in total. The van der Waals surface area contributed by atoms with Crippen molar-refractivity contribution in [1.82, 2.24) is 44.9 Å². The maximum Gasteiger partial charge on any atom is 0.246 e. The first kappa shape index (κ1) is 57.1. The summed E-state index contributed by atoms with van der Waals surface area (Å²) < 4.78 is 72.0. The molecular weight excluding hydrogens is 1030 g/mol. The largest absolute Gasteiger partial charge is 0.392 e. The van der Waals surface area contributed by atoms with Crippen LogP contribution in [0.5, 0.6) is 0 Å². The molecule has 0 radical (unpaired) electrons. The Hall–Kier alpha value is -6.05. The number of nitrogens with one attached hydrogen (secondary N) is 3. The molecule has 2 aromatic carbocycles. The molecule has 2 aliphatic heterocycles. The van der Waals surface area contributed by atoms with Crippen LogP contribution in [0.2, 0.25) is 0 Å². The number of halogens is 2. The number of thiazole rings is 1. The summed E-state index contributed by atoms with van der Waals surface area (Å²) >= 11 is 1.57. The average Bonchev–Trinajstić information content (AvgIpc) is 4.17. The third-order valence-corrected chi connectivity index (χ3v) is 16.6. The van der Waals surface area contributed by atoms with Gasteiger partial charge >= 0.3 is 0 Å². The smallest absolute Gasteiger partial charge is 0.246 e. The van der Waals surface area contributed by atoms with Crippen LogP contribution >= 0.6 is 11.3 Å². The number of aryl methyl sites for hydroxylation is 1. The number of carbonyl (C=O) groups is 2. The number of pyridine rings is 1. The molecule has 19 nitrogen and oxygen atoms in total. The summed E-state index contributed by atoms with van der Waals surface area (Å²) in [5, 5.41) is 28.2. The second-order valence-electron chi connectivity index (χ2n) is 20.7. The second kappa shape index (κ2) is 25.2. The second-order valence-corrected chi connectivity index (χ2v) is 23.4. The van der Waals surface area contributed by atoms with Gasteiger partial charge in [-0.3, -0.25) is 19.2 Å². The third kappa shape index (κ3) is 14.0. The van der Waals surface area contributed by atoms with E-state index in [1.807, 2.05) is 64.5 Å².